The van der Waals surface area contributed by atoms with Gasteiger partial charge in [-0.1, -0.05) is 6.42 Å². The van der Waals surface area contributed by atoms with E-state index in [4.69, 9.17) is 0 Å². The van der Waals surface area contributed by atoms with Crippen molar-refractivity contribution in [2.24, 2.45) is 11.8 Å². The lowest BCUT2D eigenvalue weighted by molar-refractivity contribution is -0.00177. The van der Waals surface area contributed by atoms with Gasteiger partial charge in [-0.05, 0) is 44.6 Å². The highest BCUT2D eigenvalue weighted by molar-refractivity contribution is 6.00. The van der Waals surface area contributed by atoms with Gasteiger partial charge in [0.15, 0.2) is 5.65 Å². The van der Waals surface area contributed by atoms with E-state index in [2.05, 4.69) is 31.0 Å². The number of pyridine rings is 1. The summed E-state index contributed by atoms with van der Waals surface area (Å²) in [5.74, 6) is 1.99. The summed E-state index contributed by atoms with van der Waals surface area (Å²) in [6.45, 7) is 2.46. The molecule has 3 heterocycles. The molecule has 2 saturated carbocycles. The molecule has 174 valence electrons. The van der Waals surface area contributed by atoms with Gasteiger partial charge in [0.05, 0.1) is 29.6 Å². The van der Waals surface area contributed by atoms with Crippen molar-refractivity contribution in [2.45, 2.75) is 50.9 Å². The standard InChI is InChI=1S/C23H28FN7O2/c1-23(2,33)17(24)12-26-22(32)15-11-25-19(10-16(15)28-21-13-4-3-5-14(13)21)29-18-7-9-31-20(30-18)6-8-27-31/h6-11,13-14,17,21,33H,3-5,12H2,1-2H3,(H,26,32)(H2,25,28,29,30)/t13?,14?,17-,21?/m1/s1. The van der Waals surface area contributed by atoms with Gasteiger partial charge >= 0.3 is 0 Å². The second-order valence-corrected chi connectivity index (χ2v) is 9.45. The Morgan fingerprint density at radius 3 is 2.85 bits per heavy atom. The quantitative estimate of drug-likeness (QED) is 0.414. The number of halogens is 1. The Hall–Kier alpha value is -3.27. The predicted molar refractivity (Wildman–Crippen MR) is 122 cm³/mol. The van der Waals surface area contributed by atoms with E-state index in [1.807, 2.05) is 0 Å². The summed E-state index contributed by atoms with van der Waals surface area (Å²) >= 11 is 0. The molecule has 0 aromatic carbocycles. The third-order valence-corrected chi connectivity index (χ3v) is 6.60. The zero-order chi connectivity index (χ0) is 23.2. The fraction of sp³-hybridized carbons (Fsp3) is 0.478. The molecule has 0 spiro atoms. The molecule has 0 aliphatic heterocycles. The number of amides is 1. The van der Waals surface area contributed by atoms with E-state index in [0.717, 1.165) is 0 Å². The van der Waals surface area contributed by atoms with E-state index >= 15 is 0 Å². The van der Waals surface area contributed by atoms with Crippen LogP contribution >= 0.6 is 0 Å². The minimum atomic E-state index is -1.58. The topological polar surface area (TPSA) is 116 Å². The lowest BCUT2D eigenvalue weighted by atomic mass is 10.0. The first-order valence-electron chi connectivity index (χ1n) is 11.3. The molecule has 3 aromatic rings. The molecule has 9 nitrogen and oxygen atoms in total. The first-order valence-corrected chi connectivity index (χ1v) is 11.3. The zero-order valence-electron chi connectivity index (χ0n) is 18.6. The van der Waals surface area contributed by atoms with Crippen molar-refractivity contribution in [1.82, 2.24) is 24.9 Å². The normalized spacial score (nSPS) is 22.6. The zero-order valence-corrected chi connectivity index (χ0v) is 18.6. The third kappa shape index (κ3) is 4.47. The summed E-state index contributed by atoms with van der Waals surface area (Å²) in [7, 11) is 0. The average Bonchev–Trinajstić information content (AvgIpc) is 3.16. The monoisotopic (exact) mass is 453 g/mol. The maximum absolute atomic E-state index is 14.1. The Balaban J connectivity index is 1.36. The number of anilines is 3. The molecule has 5 rings (SSSR count). The molecular formula is C23H28FN7O2. The van der Waals surface area contributed by atoms with E-state index in [1.165, 1.54) is 39.3 Å². The number of hydrogen-bond donors (Lipinski definition) is 4. The van der Waals surface area contributed by atoms with E-state index < -0.39 is 17.7 Å². The molecule has 33 heavy (non-hydrogen) atoms. The van der Waals surface area contributed by atoms with Crippen LogP contribution in [0.4, 0.5) is 21.7 Å². The van der Waals surface area contributed by atoms with Crippen LogP contribution in [-0.4, -0.2) is 55.0 Å². The van der Waals surface area contributed by atoms with E-state index in [1.54, 1.807) is 35.1 Å². The molecule has 4 N–H and O–H groups in total. The van der Waals surface area contributed by atoms with Crippen LogP contribution in [0.2, 0.25) is 0 Å². The van der Waals surface area contributed by atoms with Crippen LogP contribution in [-0.2, 0) is 0 Å². The minimum absolute atomic E-state index is 0.286. The lowest BCUT2D eigenvalue weighted by Gasteiger charge is -2.22. The van der Waals surface area contributed by atoms with Gasteiger partial charge in [0.2, 0.25) is 0 Å². The summed E-state index contributed by atoms with van der Waals surface area (Å²) in [6.07, 6.45) is 7.02. The van der Waals surface area contributed by atoms with Crippen molar-refractivity contribution in [3.05, 3.63) is 42.4 Å². The third-order valence-electron chi connectivity index (χ3n) is 6.60. The maximum Gasteiger partial charge on any atom is 0.255 e. The van der Waals surface area contributed by atoms with Gasteiger partial charge in [0, 0.05) is 30.6 Å². The molecule has 2 fully saturated rings. The molecule has 2 unspecified atom stereocenters. The molecule has 3 aromatic heterocycles. The van der Waals surface area contributed by atoms with Crippen LogP contribution in [0.3, 0.4) is 0 Å². The lowest BCUT2D eigenvalue weighted by Crippen LogP contribution is -2.42. The van der Waals surface area contributed by atoms with Gasteiger partial charge in [-0.15, -0.1) is 0 Å². The molecule has 0 bridgehead atoms. The highest BCUT2D eigenvalue weighted by Crippen LogP contribution is 2.53. The second kappa shape index (κ2) is 8.26. The largest absolute Gasteiger partial charge is 0.387 e. The highest BCUT2D eigenvalue weighted by atomic mass is 19.1. The smallest absolute Gasteiger partial charge is 0.255 e. The number of nitrogens with zero attached hydrogens (tertiary/aromatic N) is 4. The van der Waals surface area contributed by atoms with Gasteiger partial charge in [-0.25, -0.2) is 18.9 Å². The Kier molecular flexibility index (Phi) is 5.40. The van der Waals surface area contributed by atoms with Gasteiger partial charge in [-0.3, -0.25) is 4.79 Å². The van der Waals surface area contributed by atoms with E-state index in [9.17, 15) is 14.3 Å². The Bertz CT molecular complexity index is 1170. The molecule has 0 radical (unpaired) electrons. The Labute approximate surface area is 190 Å². The summed E-state index contributed by atoms with van der Waals surface area (Å²) in [5.41, 5.74) is 0.157. The summed E-state index contributed by atoms with van der Waals surface area (Å²) in [5, 5.41) is 23.2. The minimum Gasteiger partial charge on any atom is -0.387 e. The maximum atomic E-state index is 14.1. The highest BCUT2D eigenvalue weighted by Gasteiger charge is 2.52. The number of fused-ring (bicyclic) bond motifs is 2. The molecule has 3 atom stereocenters. The summed E-state index contributed by atoms with van der Waals surface area (Å²) in [4.78, 5) is 21.7. The van der Waals surface area contributed by atoms with Crippen LogP contribution in [0.5, 0.6) is 0 Å². The van der Waals surface area contributed by atoms with Crippen LogP contribution in [0, 0.1) is 11.8 Å². The average molecular weight is 454 g/mol. The molecule has 2 aliphatic rings. The number of nitrogens with one attached hydrogen (secondary N) is 3. The summed E-state index contributed by atoms with van der Waals surface area (Å²) in [6, 6.07) is 5.72. The second-order valence-electron chi connectivity index (χ2n) is 9.45. The number of carbonyl (C=O) groups is 1. The number of aliphatic hydroxyl groups is 1. The number of hydrogen-bond acceptors (Lipinski definition) is 7. The fourth-order valence-electron chi connectivity index (χ4n) is 4.58. The molecule has 2 aliphatic carbocycles. The number of alkyl halides is 1. The van der Waals surface area contributed by atoms with Crippen molar-refractivity contribution in [3.8, 4) is 0 Å². The van der Waals surface area contributed by atoms with Crippen molar-refractivity contribution in [3.63, 3.8) is 0 Å². The molecular weight excluding hydrogens is 425 g/mol. The van der Waals surface area contributed by atoms with Gasteiger partial charge in [-0.2, -0.15) is 5.10 Å². The number of carbonyl (C=O) groups excluding carboxylic acids is 1. The Morgan fingerprint density at radius 2 is 2.09 bits per heavy atom. The summed E-state index contributed by atoms with van der Waals surface area (Å²) < 4.78 is 15.8. The van der Waals surface area contributed by atoms with Crippen molar-refractivity contribution in [1.29, 1.82) is 0 Å². The predicted octanol–water partition coefficient (Wildman–Crippen LogP) is 2.92. The molecule has 10 heteroatoms. The van der Waals surface area contributed by atoms with Crippen LogP contribution < -0.4 is 16.0 Å². The van der Waals surface area contributed by atoms with Gasteiger partial charge in [0.25, 0.3) is 5.91 Å². The van der Waals surface area contributed by atoms with E-state index in [0.29, 0.717) is 46.4 Å². The van der Waals surface area contributed by atoms with Gasteiger partial charge in [0.1, 0.15) is 17.8 Å². The SMILES string of the molecule is CC(C)(O)[C@H](F)CNC(=O)c1cnc(Nc2ccn3nccc3n2)cc1NC1C2CCCC21. The van der Waals surface area contributed by atoms with Crippen LogP contribution in [0.15, 0.2) is 36.8 Å². The number of rotatable bonds is 8. The van der Waals surface area contributed by atoms with Crippen molar-refractivity contribution in [2.75, 3.05) is 17.2 Å². The molecule has 0 saturated heterocycles. The Morgan fingerprint density at radius 1 is 1.30 bits per heavy atom. The van der Waals surface area contributed by atoms with Crippen LogP contribution in [0.1, 0.15) is 43.5 Å². The van der Waals surface area contributed by atoms with Crippen molar-refractivity contribution < 1.29 is 14.3 Å². The first kappa shape index (κ1) is 21.6. The van der Waals surface area contributed by atoms with E-state index in [-0.39, 0.29) is 6.54 Å². The molecule has 1 amide bonds. The van der Waals surface area contributed by atoms with Gasteiger partial charge < -0.3 is 21.1 Å². The number of aromatic nitrogens is 4. The fourth-order valence-corrected chi connectivity index (χ4v) is 4.58. The van der Waals surface area contributed by atoms with Crippen LogP contribution in [0.25, 0.3) is 5.65 Å². The van der Waals surface area contributed by atoms with Crippen molar-refractivity contribution >= 4 is 28.9 Å². The first-order chi connectivity index (χ1) is 15.8.